The molecule has 5 nitrogen and oxygen atoms in total. The first-order chi connectivity index (χ1) is 15.3. The first-order valence-electron chi connectivity index (χ1n) is 11.8. The van der Waals surface area contributed by atoms with Crippen LogP contribution in [0, 0.1) is 0 Å². The van der Waals surface area contributed by atoms with Crippen molar-refractivity contribution in [3.8, 4) is 5.69 Å². The largest absolute Gasteiger partial charge is 0.407 e. The van der Waals surface area contributed by atoms with Crippen LogP contribution in [0.4, 0.5) is 0 Å². The minimum absolute atomic E-state index is 0.109. The zero-order valence-electron chi connectivity index (χ0n) is 20.3. The summed E-state index contributed by atoms with van der Waals surface area (Å²) in [5, 5.41) is 13.5. The molecule has 0 spiro atoms. The number of tetrazole rings is 1. The second-order valence-electron chi connectivity index (χ2n) is 10.1. The molecule has 6 heteroatoms. The Kier molecular flexibility index (Phi) is 8.37. The van der Waals surface area contributed by atoms with E-state index in [-0.39, 0.29) is 11.1 Å². The van der Waals surface area contributed by atoms with Gasteiger partial charge in [-0.05, 0) is 60.3 Å². The van der Waals surface area contributed by atoms with Crippen LogP contribution >= 0.6 is 0 Å². The van der Waals surface area contributed by atoms with Gasteiger partial charge in [-0.25, -0.2) is 0 Å². The van der Waals surface area contributed by atoms with Gasteiger partial charge in [0.05, 0.1) is 5.69 Å². The molecular weight excluding hydrogens is 412 g/mol. The molecule has 0 amide bonds. The molecule has 0 saturated carbocycles. The van der Waals surface area contributed by atoms with E-state index in [1.165, 1.54) is 24.8 Å². The Bertz CT molecular complexity index is 935. The number of aryl methyl sites for hydroxylation is 1. The molecule has 1 heterocycles. The van der Waals surface area contributed by atoms with Crippen molar-refractivity contribution < 1.29 is 4.43 Å². The number of nitrogens with zero attached hydrogens (tertiary/aromatic N) is 4. The van der Waals surface area contributed by atoms with Gasteiger partial charge in [0, 0.05) is 0 Å². The van der Waals surface area contributed by atoms with Crippen molar-refractivity contribution in [1.82, 2.24) is 20.2 Å². The molecular formula is C26H38N4OSi. The van der Waals surface area contributed by atoms with Gasteiger partial charge in [0.15, 0.2) is 8.32 Å². The molecule has 1 atom stereocenters. The van der Waals surface area contributed by atoms with E-state index in [0.717, 1.165) is 24.9 Å². The van der Waals surface area contributed by atoms with Crippen LogP contribution in [0.1, 0.15) is 70.4 Å². The SMILES string of the molecule is CC(C)(C)[Si](C)(C)OC(CCCCCCc1ccccc1)c1nnn(-c2ccccc2)n1. The standard InChI is InChI=1S/C26H38N4OSi/c1-26(2,3)32(4,5)31-24(21-15-7-6-10-16-22-17-11-8-12-18-22)25-27-29-30(28-25)23-19-13-9-14-20-23/h8-9,11-14,17-20,24H,6-7,10,15-16,21H2,1-5H3. The van der Waals surface area contributed by atoms with Gasteiger partial charge in [0.2, 0.25) is 5.82 Å². The highest BCUT2D eigenvalue weighted by molar-refractivity contribution is 6.74. The zero-order chi connectivity index (χ0) is 23.0. The highest BCUT2D eigenvalue weighted by atomic mass is 28.4. The quantitative estimate of drug-likeness (QED) is 0.235. The number of hydrogen-bond acceptors (Lipinski definition) is 4. The monoisotopic (exact) mass is 450 g/mol. The molecule has 1 aromatic heterocycles. The van der Waals surface area contributed by atoms with Crippen LogP contribution in [0.2, 0.25) is 18.1 Å². The number of benzene rings is 2. The van der Waals surface area contributed by atoms with Crippen molar-refractivity contribution in [2.45, 2.75) is 83.5 Å². The summed E-state index contributed by atoms with van der Waals surface area (Å²) in [5.41, 5.74) is 2.34. The molecule has 1 unspecified atom stereocenters. The number of rotatable bonds is 11. The van der Waals surface area contributed by atoms with E-state index >= 15 is 0 Å². The number of hydrogen-bond donors (Lipinski definition) is 0. The third-order valence-corrected chi connectivity index (χ3v) is 11.0. The maximum absolute atomic E-state index is 6.77. The van der Waals surface area contributed by atoms with Gasteiger partial charge in [-0.15, -0.1) is 15.0 Å². The second-order valence-corrected chi connectivity index (χ2v) is 14.8. The van der Waals surface area contributed by atoms with Crippen LogP contribution in [0.3, 0.4) is 0 Å². The molecule has 0 bridgehead atoms. The average molecular weight is 451 g/mol. The Hall–Kier alpha value is -2.31. The van der Waals surface area contributed by atoms with Gasteiger partial charge < -0.3 is 4.43 Å². The van der Waals surface area contributed by atoms with Gasteiger partial charge in [0.1, 0.15) is 6.10 Å². The van der Waals surface area contributed by atoms with Gasteiger partial charge in [-0.1, -0.05) is 88.6 Å². The van der Waals surface area contributed by atoms with Crippen molar-refractivity contribution in [3.63, 3.8) is 0 Å². The molecule has 2 aromatic carbocycles. The zero-order valence-corrected chi connectivity index (χ0v) is 21.3. The molecule has 0 aliphatic heterocycles. The highest BCUT2D eigenvalue weighted by Gasteiger charge is 2.40. The summed E-state index contributed by atoms with van der Waals surface area (Å²) in [7, 11) is -1.96. The Labute approximate surface area is 194 Å². The van der Waals surface area contributed by atoms with Crippen LogP contribution in [0.15, 0.2) is 60.7 Å². The van der Waals surface area contributed by atoms with E-state index in [2.05, 4.69) is 74.5 Å². The fraction of sp³-hybridized carbons (Fsp3) is 0.500. The van der Waals surface area contributed by atoms with E-state index in [9.17, 15) is 0 Å². The summed E-state index contributed by atoms with van der Waals surface area (Å²) in [4.78, 5) is 1.61. The number of aromatic nitrogens is 4. The normalized spacial score (nSPS) is 13.3. The minimum atomic E-state index is -1.96. The van der Waals surface area contributed by atoms with Crippen LogP contribution < -0.4 is 0 Å². The molecule has 172 valence electrons. The smallest absolute Gasteiger partial charge is 0.202 e. The summed E-state index contributed by atoms with van der Waals surface area (Å²) >= 11 is 0. The van der Waals surface area contributed by atoms with Gasteiger partial charge in [-0.3, -0.25) is 0 Å². The van der Waals surface area contributed by atoms with Crippen LogP contribution in [0.5, 0.6) is 0 Å². The maximum atomic E-state index is 6.77. The summed E-state index contributed by atoms with van der Waals surface area (Å²) < 4.78 is 6.77. The second kappa shape index (κ2) is 11.0. The van der Waals surface area contributed by atoms with Crippen molar-refractivity contribution >= 4 is 8.32 Å². The number of unbranched alkanes of at least 4 members (excludes halogenated alkanes) is 3. The fourth-order valence-electron chi connectivity index (χ4n) is 3.45. The van der Waals surface area contributed by atoms with Crippen molar-refractivity contribution in [2.75, 3.05) is 0 Å². The number of para-hydroxylation sites is 1. The predicted molar refractivity (Wildman–Crippen MR) is 133 cm³/mol. The highest BCUT2D eigenvalue weighted by Crippen LogP contribution is 2.40. The molecule has 3 rings (SSSR count). The van der Waals surface area contributed by atoms with E-state index in [1.807, 2.05) is 30.3 Å². The molecule has 32 heavy (non-hydrogen) atoms. The van der Waals surface area contributed by atoms with E-state index in [1.54, 1.807) is 4.80 Å². The molecule has 0 N–H and O–H groups in total. The van der Waals surface area contributed by atoms with Crippen molar-refractivity contribution in [1.29, 1.82) is 0 Å². The molecule has 0 aliphatic rings. The third kappa shape index (κ3) is 6.84. The first-order valence-corrected chi connectivity index (χ1v) is 14.7. The van der Waals surface area contributed by atoms with Gasteiger partial charge >= 0.3 is 0 Å². The van der Waals surface area contributed by atoms with Crippen molar-refractivity contribution in [2.24, 2.45) is 0 Å². The molecule has 0 fully saturated rings. The lowest BCUT2D eigenvalue weighted by Gasteiger charge is -2.38. The molecule has 0 saturated heterocycles. The van der Waals surface area contributed by atoms with Crippen LogP contribution in [0.25, 0.3) is 5.69 Å². The van der Waals surface area contributed by atoms with Crippen LogP contribution in [-0.2, 0) is 10.8 Å². The topological polar surface area (TPSA) is 52.8 Å². The Morgan fingerprint density at radius 1 is 0.875 bits per heavy atom. The van der Waals surface area contributed by atoms with Crippen molar-refractivity contribution in [3.05, 3.63) is 72.1 Å². The summed E-state index contributed by atoms with van der Waals surface area (Å²) in [6.07, 6.45) is 6.72. The van der Waals surface area contributed by atoms with Crippen LogP contribution in [-0.4, -0.2) is 28.5 Å². The van der Waals surface area contributed by atoms with E-state index in [0.29, 0.717) is 5.82 Å². The van der Waals surface area contributed by atoms with E-state index < -0.39 is 8.32 Å². The Morgan fingerprint density at radius 2 is 1.50 bits per heavy atom. The Morgan fingerprint density at radius 3 is 2.16 bits per heavy atom. The molecule has 3 aromatic rings. The third-order valence-electron chi connectivity index (χ3n) is 6.47. The summed E-state index contributed by atoms with van der Waals surface area (Å²) in [6.45, 7) is 11.4. The maximum Gasteiger partial charge on any atom is 0.202 e. The lowest BCUT2D eigenvalue weighted by molar-refractivity contribution is 0.160. The molecule has 0 radical (unpaired) electrons. The van der Waals surface area contributed by atoms with Gasteiger partial charge in [0.25, 0.3) is 0 Å². The lowest BCUT2D eigenvalue weighted by Crippen LogP contribution is -2.42. The summed E-state index contributed by atoms with van der Waals surface area (Å²) in [6, 6.07) is 20.7. The van der Waals surface area contributed by atoms with E-state index in [4.69, 9.17) is 9.52 Å². The molecule has 0 aliphatic carbocycles. The average Bonchev–Trinajstić information content (AvgIpc) is 3.26. The van der Waals surface area contributed by atoms with Gasteiger partial charge in [-0.2, -0.15) is 0 Å². The fourth-order valence-corrected chi connectivity index (χ4v) is 4.74. The Balaban J connectivity index is 1.60. The first kappa shape index (κ1) is 24.3. The lowest BCUT2D eigenvalue weighted by atomic mass is 10.0. The summed E-state index contributed by atoms with van der Waals surface area (Å²) in [5.74, 6) is 0.697. The predicted octanol–water partition coefficient (Wildman–Crippen LogP) is 6.92. The minimum Gasteiger partial charge on any atom is -0.407 e.